The van der Waals surface area contributed by atoms with Crippen LogP contribution in [0.1, 0.15) is 67.4 Å². The summed E-state index contributed by atoms with van der Waals surface area (Å²) >= 11 is 0. The Kier molecular flexibility index (Phi) is 135. The molecule has 6 nitrogen and oxygen atoms in total. The zero-order valence-corrected chi connectivity index (χ0v) is 39.0. The summed E-state index contributed by atoms with van der Waals surface area (Å²) in [6, 6.07) is 15.0. The molecule has 5 rings (SSSR count). The van der Waals surface area contributed by atoms with Gasteiger partial charge in [0.05, 0.1) is 24.3 Å². The third kappa shape index (κ3) is 49.3. The number of benzene rings is 2. The van der Waals surface area contributed by atoms with Gasteiger partial charge in [0, 0.05) is 216 Å². The summed E-state index contributed by atoms with van der Waals surface area (Å²) in [5.41, 5.74) is 4.17. The number of aryl methyl sites for hydroxylation is 2. The maximum atomic E-state index is 13.4. The molecule has 2 fully saturated rings. The first kappa shape index (κ1) is 104. The van der Waals surface area contributed by atoms with E-state index in [2.05, 4.69) is 25.2 Å². The number of hydrogen-bond donors (Lipinski definition) is 1. The van der Waals surface area contributed by atoms with Crippen molar-refractivity contribution in [2.75, 3.05) is 18.5 Å². The number of para-hydroxylation sites is 1. The van der Waals surface area contributed by atoms with E-state index in [1.807, 2.05) is 66.0 Å². The molecule has 1 saturated heterocycles. The molecule has 2 heterocycles. The number of carbonyl (C=O) groups is 2. The van der Waals surface area contributed by atoms with Gasteiger partial charge in [-0.25, -0.2) is 0 Å². The summed E-state index contributed by atoms with van der Waals surface area (Å²) < 4.78 is 264. The van der Waals surface area contributed by atoms with E-state index >= 15 is 0 Å². The molecule has 1 radical (unpaired) electrons. The minimum atomic E-state index is -0.164. The van der Waals surface area contributed by atoms with Crippen LogP contribution in [0.4, 0.5) is 157 Å². The van der Waals surface area contributed by atoms with Crippen LogP contribution in [-0.2, 0) is 55.7 Å². The minimum Gasteiger partial charge on any atom is -0.376 e. The van der Waals surface area contributed by atoms with E-state index < -0.39 is 0 Å². The molecule has 1 aliphatic heterocycles. The normalized spacial score (nSPS) is 13.8. The van der Waals surface area contributed by atoms with E-state index in [-0.39, 0.29) is 55.3 Å². The van der Waals surface area contributed by atoms with Crippen molar-refractivity contribution in [2.45, 2.75) is 71.4 Å². The van der Waals surface area contributed by atoms with Crippen LogP contribution in [0.25, 0.3) is 10.9 Å². The van der Waals surface area contributed by atoms with Gasteiger partial charge >= 0.3 is 0 Å². The molecule has 1 N–H and O–H groups in total. The number of rotatable bonds is 7. The van der Waals surface area contributed by atoms with Crippen molar-refractivity contribution in [1.29, 1.82) is 0 Å². The molecule has 1 saturated carbocycles. The van der Waals surface area contributed by atoms with Crippen LogP contribution < -0.4 is 5.32 Å². The van der Waals surface area contributed by atoms with Crippen molar-refractivity contribution >= 4 is 28.4 Å². The first-order valence-electron chi connectivity index (χ1n) is 16.3. The van der Waals surface area contributed by atoms with E-state index in [0.717, 1.165) is 53.8 Å². The number of amides is 2. The second kappa shape index (κ2) is 92.8. The van der Waals surface area contributed by atoms with Gasteiger partial charge < -0.3 is 19.5 Å². The van der Waals surface area contributed by atoms with Crippen molar-refractivity contribution < 1.29 is 198 Å². The molecular weight excluding hydrogens is 1190 g/mol. The molecular formula is C32H41F33N3O3Y-. The molecule has 437 valence electrons. The number of likely N-dealkylation sites (tertiary alicyclic amines) is 1. The predicted octanol–water partition coefficient (Wildman–Crippen LogP) is 19.5. The number of fused-ring (bicyclic) bond motifs is 1. The van der Waals surface area contributed by atoms with Crippen LogP contribution in [0.3, 0.4) is 0 Å². The second-order valence-electron chi connectivity index (χ2n) is 11.6. The van der Waals surface area contributed by atoms with E-state index in [0.29, 0.717) is 36.3 Å². The molecule has 2 amide bonds. The van der Waals surface area contributed by atoms with Crippen molar-refractivity contribution in [1.82, 2.24) is 9.47 Å². The Morgan fingerprint density at radius 2 is 1.04 bits per heavy atom. The minimum absolute atomic E-state index is 0. The van der Waals surface area contributed by atoms with Crippen LogP contribution in [0.2, 0.25) is 0 Å². The van der Waals surface area contributed by atoms with Crippen LogP contribution in [-0.4, -0.2) is 46.6 Å². The summed E-state index contributed by atoms with van der Waals surface area (Å²) in [5.74, 6) is 1.27. The number of aromatic nitrogens is 1. The third-order valence-corrected chi connectivity index (χ3v) is 8.43. The van der Waals surface area contributed by atoms with Gasteiger partial charge in [0.25, 0.3) is 5.91 Å². The molecule has 1 aromatic heterocycles. The first-order chi connectivity index (χ1) is 34.3. The topological polar surface area (TPSA) is 63.6 Å². The number of hydrogen-bond acceptors (Lipinski definition) is 3. The largest absolute Gasteiger partial charge is 0.376 e. The Balaban J connectivity index is -0.0000000708. The van der Waals surface area contributed by atoms with Gasteiger partial charge in [-0.3, -0.25) is 14.3 Å². The fourth-order valence-corrected chi connectivity index (χ4v) is 6.13. The molecule has 0 spiro atoms. The van der Waals surface area contributed by atoms with E-state index in [4.69, 9.17) is 151 Å². The SMILES string of the molecule is Cc1cc(NC(=O)c2cn(C)c3ccccc23)[c-]cc1CC(=O)N1C[C@@H](C)C[C@H]1COC1CCC(C)CC1.F.FF.FF.FF.FF.FF.FF.FF.FF.FF.FF.FF.FF.FF.FF.FF.FF.[Y]. The second-order valence-corrected chi connectivity index (χ2v) is 11.6. The quantitative estimate of drug-likeness (QED) is 0.189. The Morgan fingerprint density at radius 1 is 0.639 bits per heavy atom. The summed E-state index contributed by atoms with van der Waals surface area (Å²) in [5, 5.41) is 3.90. The van der Waals surface area contributed by atoms with Crippen molar-refractivity contribution in [3.63, 3.8) is 0 Å². The average molecular weight is 1230 g/mol. The Bertz CT molecular complexity index is 1380. The van der Waals surface area contributed by atoms with Crippen LogP contribution >= 0.6 is 0 Å². The summed E-state index contributed by atoms with van der Waals surface area (Å²) in [6.07, 6.45) is 8.28. The molecule has 2 atom stereocenters. The molecule has 1 aliphatic carbocycles. The van der Waals surface area contributed by atoms with Crippen LogP contribution in [0, 0.1) is 24.8 Å². The molecule has 40 heteroatoms. The molecule has 2 aliphatic rings. The molecule has 3 aromatic rings. The van der Waals surface area contributed by atoms with Gasteiger partial charge in [-0.05, 0) is 50.0 Å². The van der Waals surface area contributed by atoms with Gasteiger partial charge in [-0.1, -0.05) is 44.7 Å². The first-order valence-corrected chi connectivity index (χ1v) is 16.3. The Labute approximate surface area is 409 Å². The number of anilines is 1. The zero-order valence-electron chi connectivity index (χ0n) is 36.2. The van der Waals surface area contributed by atoms with E-state index in [1.54, 1.807) is 0 Å². The number of nitrogens with zero attached hydrogens (tertiary/aromatic N) is 2. The van der Waals surface area contributed by atoms with Crippen molar-refractivity contribution in [3.05, 3.63) is 65.4 Å². The van der Waals surface area contributed by atoms with Crippen molar-refractivity contribution in [2.24, 2.45) is 18.9 Å². The summed E-state index contributed by atoms with van der Waals surface area (Å²) in [6.45, 7) is 7.95. The van der Waals surface area contributed by atoms with Crippen LogP contribution in [0.15, 0.2) is 42.6 Å². The fourth-order valence-electron chi connectivity index (χ4n) is 6.13. The van der Waals surface area contributed by atoms with Gasteiger partial charge in [0.1, 0.15) is 0 Å². The Morgan fingerprint density at radius 3 is 1.44 bits per heavy atom. The summed E-state index contributed by atoms with van der Waals surface area (Å²) in [4.78, 5) is 28.4. The maximum Gasteiger partial charge on any atom is 0.256 e. The van der Waals surface area contributed by atoms with Gasteiger partial charge in [0.2, 0.25) is 5.91 Å². The maximum absolute atomic E-state index is 13.4. The number of carbonyl (C=O) groups excluding carboxylic acids is 2. The van der Waals surface area contributed by atoms with Gasteiger partial charge in [-0.2, -0.15) is 17.7 Å². The average Bonchev–Trinajstić information content (AvgIpc) is 4.04. The van der Waals surface area contributed by atoms with Crippen LogP contribution in [0.5, 0.6) is 0 Å². The van der Waals surface area contributed by atoms with E-state index in [9.17, 15) is 9.59 Å². The predicted molar refractivity (Wildman–Crippen MR) is 189 cm³/mol. The monoisotopic (exact) mass is 1230 g/mol. The fraction of sp³-hybridized carbons (Fsp3) is 0.500. The number of halogens is 33. The molecule has 0 bridgehead atoms. The number of ether oxygens (including phenoxy) is 1. The van der Waals surface area contributed by atoms with Gasteiger partial charge in [-0.15, -0.1) is 11.6 Å². The third-order valence-electron chi connectivity index (χ3n) is 8.43. The summed E-state index contributed by atoms with van der Waals surface area (Å²) in [7, 11) is 1.94. The Hall–Kier alpha value is -4.33. The van der Waals surface area contributed by atoms with Gasteiger partial charge in [0.15, 0.2) is 0 Å². The zero-order chi connectivity index (χ0) is 58.8. The van der Waals surface area contributed by atoms with E-state index in [1.165, 1.54) is 12.8 Å². The smallest absolute Gasteiger partial charge is 0.256 e. The molecule has 2 aromatic carbocycles. The molecule has 72 heavy (non-hydrogen) atoms. The number of nitrogens with one attached hydrogen (secondary N) is 1. The standard InChI is InChI=1S/C32H40N3O3.16F2.FH.Y/c1-21-9-13-27(14-10-21)38-20-26-15-22(2)18-35(26)31(36)17-24-11-12-25(16-23(24)3)33-32(37)29-19-34(4)30-8-6-5-7-28(29)30;16*1-2;;/h5-8,11,16,19,21-22,26-27H,9-10,13-15,17-18,20H2,1-4H3,(H,33,37);;;;;;;;;;;;;;;;;1H;/q-1;;;;;;;;;;;;;;;;;;/t21?,22-,26-,27?;;;;;;;;;;;;;;;;;;/m0................../s1. The van der Waals surface area contributed by atoms with Crippen molar-refractivity contribution in [3.8, 4) is 0 Å². The molecule has 0 unspecified atom stereocenters.